The fraction of sp³-hybridized carbons (Fsp3) is 0.529. The fourth-order valence-corrected chi connectivity index (χ4v) is 2.82. The van der Waals surface area contributed by atoms with Gasteiger partial charge in [0.15, 0.2) is 0 Å². The van der Waals surface area contributed by atoms with Gasteiger partial charge in [0.2, 0.25) is 0 Å². The van der Waals surface area contributed by atoms with Gasteiger partial charge >= 0.3 is 0 Å². The van der Waals surface area contributed by atoms with Crippen LogP contribution in [0.5, 0.6) is 0 Å². The van der Waals surface area contributed by atoms with Crippen molar-refractivity contribution in [3.8, 4) is 6.07 Å². The standard InChI is InChI=1S/C17H22N2O/c1-17(2,3)15-8-10-19(11-9-15)16(20)14-6-4-13(12-18)5-7-14/h4-7,15H,8-11H2,1-3H3. The molecule has 0 bridgehead atoms. The Morgan fingerprint density at radius 1 is 1.20 bits per heavy atom. The highest BCUT2D eigenvalue weighted by Crippen LogP contribution is 2.34. The van der Waals surface area contributed by atoms with Crippen molar-refractivity contribution in [2.75, 3.05) is 13.1 Å². The summed E-state index contributed by atoms with van der Waals surface area (Å²) in [6.45, 7) is 8.49. The number of piperidine rings is 1. The molecule has 0 radical (unpaired) electrons. The molecule has 1 fully saturated rings. The molecule has 106 valence electrons. The molecule has 0 aliphatic carbocycles. The average Bonchev–Trinajstić information content (AvgIpc) is 2.46. The van der Waals surface area contributed by atoms with E-state index in [0.717, 1.165) is 25.9 Å². The summed E-state index contributed by atoms with van der Waals surface area (Å²) in [7, 11) is 0. The number of rotatable bonds is 1. The van der Waals surface area contributed by atoms with Crippen molar-refractivity contribution in [1.82, 2.24) is 4.90 Å². The minimum Gasteiger partial charge on any atom is -0.339 e. The third-order valence-corrected chi connectivity index (χ3v) is 4.27. The highest BCUT2D eigenvalue weighted by atomic mass is 16.2. The second kappa shape index (κ2) is 5.66. The molecular weight excluding hydrogens is 248 g/mol. The van der Waals surface area contributed by atoms with Gasteiger partial charge in [-0.05, 0) is 48.4 Å². The zero-order valence-corrected chi connectivity index (χ0v) is 12.5. The van der Waals surface area contributed by atoms with Crippen LogP contribution >= 0.6 is 0 Å². The van der Waals surface area contributed by atoms with Crippen LogP contribution in [0.15, 0.2) is 24.3 Å². The molecule has 1 aliphatic rings. The second-order valence-electron chi connectivity index (χ2n) is 6.62. The second-order valence-corrected chi connectivity index (χ2v) is 6.62. The monoisotopic (exact) mass is 270 g/mol. The largest absolute Gasteiger partial charge is 0.339 e. The molecule has 0 atom stereocenters. The van der Waals surface area contributed by atoms with Crippen LogP contribution in [0.4, 0.5) is 0 Å². The quantitative estimate of drug-likeness (QED) is 0.784. The lowest BCUT2D eigenvalue weighted by molar-refractivity contribution is 0.0609. The Bertz CT molecular complexity index is 511. The Morgan fingerprint density at radius 2 is 1.75 bits per heavy atom. The van der Waals surface area contributed by atoms with Crippen LogP contribution in [0.25, 0.3) is 0 Å². The van der Waals surface area contributed by atoms with E-state index in [2.05, 4.69) is 26.8 Å². The molecule has 0 saturated carbocycles. The highest BCUT2D eigenvalue weighted by Gasteiger charge is 2.30. The summed E-state index contributed by atoms with van der Waals surface area (Å²) in [6, 6.07) is 8.97. The van der Waals surface area contributed by atoms with Gasteiger partial charge in [-0.3, -0.25) is 4.79 Å². The van der Waals surface area contributed by atoms with E-state index < -0.39 is 0 Å². The number of likely N-dealkylation sites (tertiary alicyclic amines) is 1. The Labute approximate surface area is 121 Å². The number of carbonyl (C=O) groups is 1. The smallest absolute Gasteiger partial charge is 0.253 e. The molecule has 20 heavy (non-hydrogen) atoms. The molecule has 1 aromatic rings. The minimum atomic E-state index is 0.0850. The maximum Gasteiger partial charge on any atom is 0.253 e. The van der Waals surface area contributed by atoms with E-state index in [1.165, 1.54) is 0 Å². The SMILES string of the molecule is CC(C)(C)C1CCN(C(=O)c2ccc(C#N)cc2)CC1. The van der Waals surface area contributed by atoms with Gasteiger partial charge in [-0.15, -0.1) is 0 Å². The van der Waals surface area contributed by atoms with Gasteiger partial charge in [0.05, 0.1) is 11.6 Å². The van der Waals surface area contributed by atoms with Crippen molar-refractivity contribution in [3.05, 3.63) is 35.4 Å². The third kappa shape index (κ3) is 3.19. The third-order valence-electron chi connectivity index (χ3n) is 4.27. The lowest BCUT2D eigenvalue weighted by Gasteiger charge is -2.38. The van der Waals surface area contributed by atoms with E-state index in [9.17, 15) is 4.79 Å². The van der Waals surface area contributed by atoms with Crippen LogP contribution in [0, 0.1) is 22.7 Å². The number of amides is 1. The maximum atomic E-state index is 12.4. The maximum absolute atomic E-state index is 12.4. The zero-order chi connectivity index (χ0) is 14.8. The topological polar surface area (TPSA) is 44.1 Å². The van der Waals surface area contributed by atoms with Gasteiger partial charge in [-0.1, -0.05) is 20.8 Å². The molecule has 1 aliphatic heterocycles. The molecule has 0 aromatic heterocycles. The van der Waals surface area contributed by atoms with Crippen molar-refractivity contribution < 1.29 is 4.79 Å². The summed E-state index contributed by atoms with van der Waals surface area (Å²) < 4.78 is 0. The number of benzene rings is 1. The van der Waals surface area contributed by atoms with Crippen LogP contribution in [0.2, 0.25) is 0 Å². The normalized spacial score (nSPS) is 16.8. The van der Waals surface area contributed by atoms with E-state index >= 15 is 0 Å². The molecule has 3 heteroatoms. The summed E-state index contributed by atoms with van der Waals surface area (Å²) in [4.78, 5) is 14.3. The van der Waals surface area contributed by atoms with Crippen molar-refractivity contribution in [2.45, 2.75) is 33.6 Å². The molecule has 3 nitrogen and oxygen atoms in total. The van der Waals surface area contributed by atoms with Crippen molar-refractivity contribution in [1.29, 1.82) is 5.26 Å². The number of hydrogen-bond donors (Lipinski definition) is 0. The molecule has 1 aromatic carbocycles. The molecule has 1 amide bonds. The summed E-state index contributed by atoms with van der Waals surface area (Å²) in [5.74, 6) is 0.773. The Balaban J connectivity index is 1.99. The first-order valence-electron chi connectivity index (χ1n) is 7.21. The Hall–Kier alpha value is -1.82. The molecule has 2 rings (SSSR count). The van der Waals surface area contributed by atoms with Crippen molar-refractivity contribution in [3.63, 3.8) is 0 Å². The van der Waals surface area contributed by atoms with Crippen LogP contribution in [0.1, 0.15) is 49.5 Å². The first-order valence-corrected chi connectivity index (χ1v) is 7.21. The fourth-order valence-electron chi connectivity index (χ4n) is 2.82. The van der Waals surface area contributed by atoms with Gasteiger partial charge < -0.3 is 4.90 Å². The van der Waals surface area contributed by atoms with E-state index in [1.54, 1.807) is 24.3 Å². The van der Waals surface area contributed by atoms with E-state index in [4.69, 9.17) is 5.26 Å². The predicted octanol–water partition coefficient (Wildman–Crippen LogP) is 3.46. The minimum absolute atomic E-state index is 0.0850. The molecule has 1 saturated heterocycles. The Morgan fingerprint density at radius 3 is 2.20 bits per heavy atom. The number of nitriles is 1. The van der Waals surface area contributed by atoms with Crippen LogP contribution < -0.4 is 0 Å². The summed E-state index contributed by atoms with van der Waals surface area (Å²) in [5, 5.41) is 8.78. The number of hydrogen-bond acceptors (Lipinski definition) is 2. The summed E-state index contributed by atoms with van der Waals surface area (Å²) in [6.07, 6.45) is 2.15. The van der Waals surface area contributed by atoms with Crippen LogP contribution in [-0.4, -0.2) is 23.9 Å². The average molecular weight is 270 g/mol. The highest BCUT2D eigenvalue weighted by molar-refractivity contribution is 5.94. The van der Waals surface area contributed by atoms with Gasteiger partial charge in [0, 0.05) is 18.7 Å². The van der Waals surface area contributed by atoms with Crippen LogP contribution in [0.3, 0.4) is 0 Å². The van der Waals surface area contributed by atoms with Crippen molar-refractivity contribution >= 4 is 5.91 Å². The predicted molar refractivity (Wildman–Crippen MR) is 79.2 cm³/mol. The first-order chi connectivity index (χ1) is 9.41. The molecule has 0 N–H and O–H groups in total. The molecule has 0 spiro atoms. The lowest BCUT2D eigenvalue weighted by Crippen LogP contribution is -2.41. The van der Waals surface area contributed by atoms with E-state index in [-0.39, 0.29) is 5.91 Å². The van der Waals surface area contributed by atoms with Crippen LogP contribution in [-0.2, 0) is 0 Å². The number of carbonyl (C=O) groups excluding carboxylic acids is 1. The van der Waals surface area contributed by atoms with Gasteiger partial charge in [-0.2, -0.15) is 5.26 Å². The zero-order valence-electron chi connectivity index (χ0n) is 12.5. The lowest BCUT2D eigenvalue weighted by atomic mass is 9.75. The number of nitrogens with zero attached hydrogens (tertiary/aromatic N) is 2. The van der Waals surface area contributed by atoms with Gasteiger partial charge in [-0.25, -0.2) is 0 Å². The molecule has 1 heterocycles. The summed E-state index contributed by atoms with van der Waals surface area (Å²) in [5.41, 5.74) is 1.59. The molecular formula is C17H22N2O. The van der Waals surface area contributed by atoms with Crippen molar-refractivity contribution in [2.24, 2.45) is 11.3 Å². The summed E-state index contributed by atoms with van der Waals surface area (Å²) >= 11 is 0. The molecule has 0 unspecified atom stereocenters. The van der Waals surface area contributed by atoms with Gasteiger partial charge in [0.25, 0.3) is 5.91 Å². The Kier molecular flexibility index (Phi) is 4.13. The van der Waals surface area contributed by atoms with Gasteiger partial charge in [0.1, 0.15) is 0 Å². The van der Waals surface area contributed by atoms with E-state index in [1.807, 2.05) is 4.90 Å². The van der Waals surface area contributed by atoms with E-state index in [0.29, 0.717) is 22.5 Å². The first kappa shape index (κ1) is 14.6.